The van der Waals surface area contributed by atoms with E-state index in [1.807, 2.05) is 0 Å². The highest BCUT2D eigenvalue weighted by atomic mass is 16.5. The van der Waals surface area contributed by atoms with Crippen molar-refractivity contribution in [1.29, 1.82) is 0 Å². The predicted octanol–water partition coefficient (Wildman–Crippen LogP) is 1.81. The highest BCUT2D eigenvalue weighted by molar-refractivity contribution is 5.95. The first kappa shape index (κ1) is 19.9. The summed E-state index contributed by atoms with van der Waals surface area (Å²) in [7, 11) is 0. The van der Waals surface area contributed by atoms with E-state index in [0.29, 0.717) is 37.4 Å². The van der Waals surface area contributed by atoms with Gasteiger partial charge in [-0.2, -0.15) is 0 Å². The summed E-state index contributed by atoms with van der Waals surface area (Å²) < 4.78 is 11.0. The molecule has 0 spiro atoms. The fourth-order valence-corrected chi connectivity index (χ4v) is 3.77. The van der Waals surface area contributed by atoms with Crippen molar-refractivity contribution in [2.75, 3.05) is 45.9 Å². The number of nitrogens with zero attached hydrogens (tertiary/aromatic N) is 2. The van der Waals surface area contributed by atoms with Gasteiger partial charge >= 0.3 is 0 Å². The van der Waals surface area contributed by atoms with Crippen molar-refractivity contribution in [2.45, 2.75) is 45.1 Å². The number of furan rings is 1. The van der Waals surface area contributed by atoms with E-state index in [0.717, 1.165) is 39.1 Å². The highest BCUT2D eigenvalue weighted by Crippen LogP contribution is 2.17. The number of hydrogen-bond donors (Lipinski definition) is 1. The lowest BCUT2D eigenvalue weighted by atomic mass is 10.1. The van der Waals surface area contributed by atoms with Gasteiger partial charge in [0.2, 0.25) is 5.91 Å². The summed E-state index contributed by atoms with van der Waals surface area (Å²) in [4.78, 5) is 29.2. The molecule has 1 aromatic rings. The molecule has 0 aliphatic carbocycles. The number of ether oxygens (including phenoxy) is 1. The minimum atomic E-state index is -0.0957. The van der Waals surface area contributed by atoms with Gasteiger partial charge in [-0.25, -0.2) is 0 Å². The third-order valence-corrected chi connectivity index (χ3v) is 5.38. The first-order chi connectivity index (χ1) is 13.1. The maximum absolute atomic E-state index is 12.9. The number of likely N-dealkylation sites (tertiary alicyclic amines) is 1. The first-order valence-corrected chi connectivity index (χ1v) is 10.1. The maximum Gasteiger partial charge on any atom is 0.257 e. The second-order valence-corrected chi connectivity index (χ2v) is 7.43. The molecule has 0 bridgehead atoms. The van der Waals surface area contributed by atoms with Gasteiger partial charge in [-0.1, -0.05) is 0 Å². The third-order valence-electron chi connectivity index (χ3n) is 5.38. The molecule has 0 aromatic carbocycles. The summed E-state index contributed by atoms with van der Waals surface area (Å²) in [6, 6.07) is 1.69. The predicted molar refractivity (Wildman–Crippen MR) is 102 cm³/mol. The Hall–Kier alpha value is -1.86. The van der Waals surface area contributed by atoms with E-state index in [2.05, 4.69) is 10.2 Å². The van der Waals surface area contributed by atoms with Crippen LogP contribution in [0.5, 0.6) is 0 Å². The summed E-state index contributed by atoms with van der Waals surface area (Å²) >= 11 is 0. The smallest absolute Gasteiger partial charge is 0.257 e. The number of aryl methyl sites for hydroxylation is 1. The van der Waals surface area contributed by atoms with Crippen LogP contribution in [-0.2, 0) is 9.53 Å². The zero-order chi connectivity index (χ0) is 19.1. The van der Waals surface area contributed by atoms with Crippen molar-refractivity contribution in [2.24, 2.45) is 0 Å². The maximum atomic E-state index is 12.9. The van der Waals surface area contributed by atoms with Crippen LogP contribution < -0.4 is 5.32 Å². The topological polar surface area (TPSA) is 75.0 Å². The Morgan fingerprint density at radius 2 is 2.11 bits per heavy atom. The summed E-state index contributed by atoms with van der Waals surface area (Å²) in [5.74, 6) is 0.497. The van der Waals surface area contributed by atoms with Crippen LogP contribution in [0, 0.1) is 6.92 Å². The molecule has 2 saturated heterocycles. The number of hydrogen-bond acceptors (Lipinski definition) is 5. The molecule has 3 rings (SSSR count). The molecule has 3 heterocycles. The molecule has 7 heteroatoms. The third kappa shape index (κ3) is 5.81. The van der Waals surface area contributed by atoms with Gasteiger partial charge in [0.25, 0.3) is 5.91 Å². The summed E-state index contributed by atoms with van der Waals surface area (Å²) in [6.45, 7) is 7.26. The van der Waals surface area contributed by atoms with Crippen molar-refractivity contribution in [1.82, 2.24) is 15.1 Å². The van der Waals surface area contributed by atoms with E-state index >= 15 is 0 Å². The van der Waals surface area contributed by atoms with Crippen LogP contribution in [0.3, 0.4) is 0 Å². The van der Waals surface area contributed by atoms with Gasteiger partial charge in [-0.3, -0.25) is 9.59 Å². The second-order valence-electron chi connectivity index (χ2n) is 7.43. The van der Waals surface area contributed by atoms with Crippen LogP contribution in [0.4, 0.5) is 0 Å². The second kappa shape index (κ2) is 9.90. The molecule has 150 valence electrons. The van der Waals surface area contributed by atoms with Crippen LogP contribution in [0.15, 0.2) is 16.7 Å². The van der Waals surface area contributed by atoms with Crippen molar-refractivity contribution in [3.8, 4) is 0 Å². The SMILES string of the molecule is Cc1occc1C(=O)N(CCC(=O)NCCN1CCCC1)C[C@H]1CCCO1. The molecular weight excluding hydrogens is 346 g/mol. The summed E-state index contributed by atoms with van der Waals surface area (Å²) in [5, 5.41) is 2.98. The fourth-order valence-electron chi connectivity index (χ4n) is 3.77. The van der Waals surface area contributed by atoms with E-state index < -0.39 is 0 Å². The molecular formula is C20H31N3O4. The minimum absolute atomic E-state index is 0.0109. The molecule has 1 atom stereocenters. The molecule has 27 heavy (non-hydrogen) atoms. The van der Waals surface area contributed by atoms with E-state index in [9.17, 15) is 9.59 Å². The van der Waals surface area contributed by atoms with E-state index in [-0.39, 0.29) is 17.9 Å². The van der Waals surface area contributed by atoms with Crippen LogP contribution in [0.25, 0.3) is 0 Å². The van der Waals surface area contributed by atoms with E-state index in [1.165, 1.54) is 19.1 Å². The lowest BCUT2D eigenvalue weighted by molar-refractivity contribution is -0.121. The van der Waals surface area contributed by atoms with Crippen molar-refractivity contribution < 1.29 is 18.7 Å². The Morgan fingerprint density at radius 3 is 2.78 bits per heavy atom. The van der Waals surface area contributed by atoms with Crippen molar-refractivity contribution in [3.63, 3.8) is 0 Å². The number of nitrogens with one attached hydrogen (secondary N) is 1. The van der Waals surface area contributed by atoms with Crippen LogP contribution in [0.2, 0.25) is 0 Å². The van der Waals surface area contributed by atoms with E-state index in [1.54, 1.807) is 17.9 Å². The van der Waals surface area contributed by atoms with Gasteiger partial charge in [0.15, 0.2) is 0 Å². The molecule has 2 fully saturated rings. The highest BCUT2D eigenvalue weighted by Gasteiger charge is 2.25. The standard InChI is InChI=1S/C20H31N3O4/c1-16-18(7-14-26-16)20(25)23(15-17-5-4-13-27-17)11-6-19(24)21-8-12-22-9-2-3-10-22/h7,14,17H,2-6,8-13,15H2,1H3,(H,21,24)/t17-/m1/s1. The fraction of sp³-hybridized carbons (Fsp3) is 0.700. The Labute approximate surface area is 161 Å². The molecule has 0 radical (unpaired) electrons. The van der Waals surface area contributed by atoms with Gasteiger partial charge in [0.1, 0.15) is 5.76 Å². The quantitative estimate of drug-likeness (QED) is 0.710. The van der Waals surface area contributed by atoms with Gasteiger partial charge in [-0.05, 0) is 51.8 Å². The molecule has 2 aliphatic heterocycles. The Balaban J connectivity index is 1.48. The largest absolute Gasteiger partial charge is 0.469 e. The number of carbonyl (C=O) groups is 2. The molecule has 2 aliphatic rings. The summed E-state index contributed by atoms with van der Waals surface area (Å²) in [6.07, 6.45) is 6.36. The molecule has 0 saturated carbocycles. The minimum Gasteiger partial charge on any atom is -0.469 e. The average molecular weight is 377 g/mol. The van der Waals surface area contributed by atoms with Gasteiger partial charge in [-0.15, -0.1) is 0 Å². The molecule has 0 unspecified atom stereocenters. The van der Waals surface area contributed by atoms with Crippen LogP contribution >= 0.6 is 0 Å². The lowest BCUT2D eigenvalue weighted by Crippen LogP contribution is -2.40. The number of carbonyl (C=O) groups excluding carboxylic acids is 2. The van der Waals surface area contributed by atoms with E-state index in [4.69, 9.17) is 9.15 Å². The Kier molecular flexibility index (Phi) is 7.29. The molecule has 2 amide bonds. The van der Waals surface area contributed by atoms with Crippen LogP contribution in [-0.4, -0.2) is 73.6 Å². The number of amides is 2. The number of rotatable bonds is 9. The summed E-state index contributed by atoms with van der Waals surface area (Å²) in [5.41, 5.74) is 0.558. The molecule has 1 aromatic heterocycles. The zero-order valence-electron chi connectivity index (χ0n) is 16.2. The Morgan fingerprint density at radius 1 is 1.30 bits per heavy atom. The normalized spacial score (nSPS) is 20.1. The van der Waals surface area contributed by atoms with Crippen LogP contribution in [0.1, 0.15) is 48.2 Å². The van der Waals surface area contributed by atoms with Gasteiger partial charge < -0.3 is 24.3 Å². The molecule has 7 nitrogen and oxygen atoms in total. The lowest BCUT2D eigenvalue weighted by Gasteiger charge is -2.25. The van der Waals surface area contributed by atoms with Crippen molar-refractivity contribution >= 4 is 11.8 Å². The molecule has 1 N–H and O–H groups in total. The average Bonchev–Trinajstić information content (AvgIpc) is 3.41. The monoisotopic (exact) mass is 377 g/mol. The van der Waals surface area contributed by atoms with Gasteiger partial charge in [0, 0.05) is 39.2 Å². The Bertz CT molecular complexity index is 618. The van der Waals surface area contributed by atoms with Gasteiger partial charge in [0.05, 0.1) is 17.9 Å². The van der Waals surface area contributed by atoms with Crippen molar-refractivity contribution in [3.05, 3.63) is 23.7 Å². The zero-order valence-corrected chi connectivity index (χ0v) is 16.2. The first-order valence-electron chi connectivity index (χ1n) is 10.1.